The van der Waals surface area contributed by atoms with Gasteiger partial charge in [0, 0.05) is 18.1 Å². The molecule has 1 aromatic heterocycles. The molecule has 112 valence electrons. The maximum Gasteiger partial charge on any atom is 0.203 e. The zero-order valence-electron chi connectivity index (χ0n) is 11.9. The predicted octanol–water partition coefficient (Wildman–Crippen LogP) is 2.80. The molecule has 0 amide bonds. The van der Waals surface area contributed by atoms with Gasteiger partial charge in [-0.3, -0.25) is 4.79 Å². The zero-order chi connectivity index (χ0) is 15.7. The molecule has 3 aromatic rings. The Labute approximate surface area is 126 Å². The normalized spacial score (nSPS) is 10.8. The summed E-state index contributed by atoms with van der Waals surface area (Å²) in [6.45, 7) is 0. The van der Waals surface area contributed by atoms with E-state index in [-0.39, 0.29) is 27.9 Å². The molecular weight excluding hydrogens is 284 g/mol. The molecule has 2 N–H and O–H groups in total. The second-order valence-electron chi connectivity index (χ2n) is 4.90. The number of rotatable bonds is 3. The maximum absolute atomic E-state index is 12.6. The van der Waals surface area contributed by atoms with Crippen molar-refractivity contribution in [2.24, 2.45) is 0 Å². The van der Waals surface area contributed by atoms with Gasteiger partial charge < -0.3 is 19.4 Å². The zero-order valence-corrected chi connectivity index (χ0v) is 11.9. The van der Waals surface area contributed by atoms with E-state index in [2.05, 4.69) is 0 Å². The van der Waals surface area contributed by atoms with Crippen molar-refractivity contribution >= 4 is 11.0 Å². The van der Waals surface area contributed by atoms with Gasteiger partial charge in [0.25, 0.3) is 0 Å². The number of methoxy groups -OCH3 is 1. The van der Waals surface area contributed by atoms with E-state index < -0.39 is 5.75 Å². The topological polar surface area (TPSA) is 79.9 Å². The van der Waals surface area contributed by atoms with Crippen LogP contribution in [0.3, 0.4) is 0 Å². The average molecular weight is 298 g/mol. The van der Waals surface area contributed by atoms with Crippen molar-refractivity contribution < 1.29 is 19.4 Å². The summed E-state index contributed by atoms with van der Waals surface area (Å²) in [6.07, 6.45) is 1.74. The van der Waals surface area contributed by atoms with Crippen molar-refractivity contribution in [2.75, 3.05) is 7.11 Å². The summed E-state index contributed by atoms with van der Waals surface area (Å²) in [5, 5.41) is 19.9. The second kappa shape index (κ2) is 5.44. The molecule has 0 bridgehead atoms. The molecule has 3 rings (SSSR count). The molecule has 0 aliphatic rings. The molecule has 0 aliphatic carbocycles. The number of hydrogen-bond acceptors (Lipinski definition) is 5. The summed E-state index contributed by atoms with van der Waals surface area (Å²) >= 11 is 0. The van der Waals surface area contributed by atoms with Crippen LogP contribution in [0.4, 0.5) is 0 Å². The van der Waals surface area contributed by atoms with E-state index in [9.17, 15) is 15.0 Å². The largest absolute Gasteiger partial charge is 0.504 e. The Kier molecular flexibility index (Phi) is 3.47. The Hall–Kier alpha value is -2.95. The predicted molar refractivity (Wildman–Crippen MR) is 81.6 cm³/mol. The van der Waals surface area contributed by atoms with E-state index in [0.29, 0.717) is 12.0 Å². The highest BCUT2D eigenvalue weighted by Gasteiger charge is 2.18. The van der Waals surface area contributed by atoms with Crippen LogP contribution in [-0.4, -0.2) is 17.3 Å². The molecule has 22 heavy (non-hydrogen) atoms. The summed E-state index contributed by atoms with van der Waals surface area (Å²) in [7, 11) is 1.30. The molecule has 0 fully saturated rings. The van der Waals surface area contributed by atoms with Gasteiger partial charge in [-0.2, -0.15) is 0 Å². The summed E-state index contributed by atoms with van der Waals surface area (Å²) in [5.74, 6) is -0.843. The van der Waals surface area contributed by atoms with Crippen LogP contribution in [-0.2, 0) is 6.42 Å². The van der Waals surface area contributed by atoms with Gasteiger partial charge in [0.05, 0.1) is 13.4 Å². The van der Waals surface area contributed by atoms with Crippen LogP contribution in [0.2, 0.25) is 0 Å². The van der Waals surface area contributed by atoms with Crippen molar-refractivity contribution in [3.05, 3.63) is 64.0 Å². The van der Waals surface area contributed by atoms with E-state index in [0.717, 1.165) is 5.56 Å². The van der Waals surface area contributed by atoms with Crippen LogP contribution in [0.25, 0.3) is 11.0 Å². The van der Waals surface area contributed by atoms with Crippen molar-refractivity contribution in [1.82, 2.24) is 0 Å². The Morgan fingerprint density at radius 2 is 1.91 bits per heavy atom. The Morgan fingerprint density at radius 3 is 2.59 bits per heavy atom. The fraction of sp³-hybridized carbons (Fsp3) is 0.118. The minimum Gasteiger partial charge on any atom is -0.504 e. The van der Waals surface area contributed by atoms with Crippen molar-refractivity contribution in [3.8, 4) is 17.2 Å². The van der Waals surface area contributed by atoms with E-state index in [1.165, 1.54) is 19.4 Å². The monoisotopic (exact) mass is 298 g/mol. The molecule has 0 saturated carbocycles. The third-order valence-corrected chi connectivity index (χ3v) is 3.49. The third-order valence-electron chi connectivity index (χ3n) is 3.49. The van der Waals surface area contributed by atoms with Gasteiger partial charge in [0.2, 0.25) is 5.75 Å². The number of hydrogen-bond donors (Lipinski definition) is 2. The van der Waals surface area contributed by atoms with E-state index in [4.69, 9.17) is 9.15 Å². The Morgan fingerprint density at radius 1 is 1.18 bits per heavy atom. The van der Waals surface area contributed by atoms with Gasteiger partial charge >= 0.3 is 0 Å². The summed E-state index contributed by atoms with van der Waals surface area (Å²) in [5.41, 5.74) is 1.14. The number of phenolic OH excluding ortho intramolecular Hbond substituents is 2. The molecule has 0 atom stereocenters. The first-order valence-electron chi connectivity index (χ1n) is 6.69. The number of benzene rings is 2. The lowest BCUT2D eigenvalue weighted by molar-refractivity contribution is 0.346. The van der Waals surface area contributed by atoms with Crippen molar-refractivity contribution in [1.29, 1.82) is 0 Å². The van der Waals surface area contributed by atoms with Crippen LogP contribution in [0.15, 0.2) is 51.9 Å². The quantitative estimate of drug-likeness (QED) is 0.777. The molecule has 0 aliphatic heterocycles. The smallest absolute Gasteiger partial charge is 0.203 e. The molecule has 5 nitrogen and oxygen atoms in total. The van der Waals surface area contributed by atoms with Gasteiger partial charge in [-0.25, -0.2) is 0 Å². The van der Waals surface area contributed by atoms with Crippen LogP contribution in [0.1, 0.15) is 11.1 Å². The lowest BCUT2D eigenvalue weighted by Gasteiger charge is -2.09. The highest BCUT2D eigenvalue weighted by Crippen LogP contribution is 2.40. The Bertz CT molecular complexity index is 881. The standard InChI is InChI=1S/C17H14O5/c1-21-17-12(18)8-13-14(16(17)20)15(19)11(9-22-13)7-10-5-3-2-4-6-10/h2-6,8-9,18,20H,7H2,1H3. The van der Waals surface area contributed by atoms with Crippen LogP contribution in [0, 0.1) is 0 Å². The molecule has 0 unspecified atom stereocenters. The first kappa shape index (κ1) is 14.0. The maximum atomic E-state index is 12.6. The minimum absolute atomic E-state index is 0.00285. The number of ether oxygens (including phenoxy) is 1. The van der Waals surface area contributed by atoms with Gasteiger partial charge in [0.15, 0.2) is 16.9 Å². The lowest BCUT2D eigenvalue weighted by Crippen LogP contribution is -2.09. The summed E-state index contributed by atoms with van der Waals surface area (Å²) in [4.78, 5) is 12.6. The second-order valence-corrected chi connectivity index (χ2v) is 4.90. The van der Waals surface area contributed by atoms with E-state index in [1.54, 1.807) is 0 Å². The van der Waals surface area contributed by atoms with E-state index in [1.807, 2.05) is 30.3 Å². The molecule has 2 aromatic carbocycles. The molecule has 0 spiro atoms. The van der Waals surface area contributed by atoms with Gasteiger partial charge in [-0.1, -0.05) is 30.3 Å². The molecule has 1 heterocycles. The van der Waals surface area contributed by atoms with Crippen molar-refractivity contribution in [2.45, 2.75) is 6.42 Å². The highest BCUT2D eigenvalue weighted by molar-refractivity contribution is 5.88. The van der Waals surface area contributed by atoms with E-state index >= 15 is 0 Å². The summed E-state index contributed by atoms with van der Waals surface area (Å²) < 4.78 is 10.3. The Balaban J connectivity index is 2.19. The average Bonchev–Trinajstić information content (AvgIpc) is 2.51. The highest BCUT2D eigenvalue weighted by atomic mass is 16.5. The molecule has 0 radical (unpaired) electrons. The molecule has 5 heteroatoms. The lowest BCUT2D eigenvalue weighted by atomic mass is 10.0. The van der Waals surface area contributed by atoms with Gasteiger partial charge in [-0.05, 0) is 5.56 Å². The van der Waals surface area contributed by atoms with Crippen LogP contribution in [0.5, 0.6) is 17.2 Å². The third kappa shape index (κ3) is 2.26. The van der Waals surface area contributed by atoms with Crippen LogP contribution >= 0.6 is 0 Å². The first-order valence-corrected chi connectivity index (χ1v) is 6.69. The molecule has 0 saturated heterocycles. The van der Waals surface area contributed by atoms with Crippen molar-refractivity contribution in [3.63, 3.8) is 0 Å². The number of phenols is 2. The minimum atomic E-state index is -0.416. The fourth-order valence-electron chi connectivity index (χ4n) is 2.41. The van der Waals surface area contributed by atoms with Gasteiger partial charge in [-0.15, -0.1) is 0 Å². The fourth-order valence-corrected chi connectivity index (χ4v) is 2.41. The van der Waals surface area contributed by atoms with Crippen LogP contribution < -0.4 is 10.2 Å². The summed E-state index contributed by atoms with van der Waals surface area (Å²) in [6, 6.07) is 10.7. The number of aromatic hydroxyl groups is 2. The molecular formula is C17H14O5. The first-order chi connectivity index (χ1) is 10.6. The number of fused-ring (bicyclic) bond motifs is 1. The SMILES string of the molecule is COc1c(O)cc2occ(Cc3ccccc3)c(=O)c2c1O. The van der Waals surface area contributed by atoms with Gasteiger partial charge in [0.1, 0.15) is 11.0 Å².